The van der Waals surface area contributed by atoms with E-state index in [-0.39, 0.29) is 5.91 Å². The van der Waals surface area contributed by atoms with Crippen molar-refractivity contribution in [2.45, 2.75) is 25.3 Å². The molecule has 1 N–H and O–H groups in total. The Balaban J connectivity index is 2.11. The number of aromatic nitrogens is 1. The number of nitrogens with one attached hydrogen (secondary N) is 1. The summed E-state index contributed by atoms with van der Waals surface area (Å²) < 4.78 is 0. The average molecular weight is 233 g/mol. The third kappa shape index (κ3) is 2.82. The normalized spacial score (nSPS) is 20.3. The fourth-order valence-electron chi connectivity index (χ4n) is 2.35. The molecule has 2 rings (SSSR count). The molecule has 1 saturated heterocycles. The van der Waals surface area contributed by atoms with Crippen LogP contribution in [0, 0.1) is 0 Å². The minimum Gasteiger partial charge on any atom is -0.333 e. The van der Waals surface area contributed by atoms with Gasteiger partial charge in [0.05, 0.1) is 0 Å². The van der Waals surface area contributed by atoms with Crippen LogP contribution in [0.25, 0.3) is 0 Å². The van der Waals surface area contributed by atoms with Crippen LogP contribution in [0.3, 0.4) is 0 Å². The molecule has 0 spiro atoms. The first-order chi connectivity index (χ1) is 8.33. The zero-order valence-corrected chi connectivity index (χ0v) is 10.2. The summed E-state index contributed by atoms with van der Waals surface area (Å²) in [4.78, 5) is 18.4. The molecule has 1 aliphatic rings. The van der Waals surface area contributed by atoms with Gasteiger partial charge in [-0.2, -0.15) is 0 Å². The quantitative estimate of drug-likeness (QED) is 0.855. The first kappa shape index (κ1) is 12.0. The standard InChI is InChI=1S/C13H19N3O/c1-14-10-11-6-3-5-9-16(11)13(17)12-7-2-4-8-15-12/h2,4,7-8,11,14H,3,5-6,9-10H2,1H3. The maximum Gasteiger partial charge on any atom is 0.272 e. The number of pyridine rings is 1. The smallest absolute Gasteiger partial charge is 0.272 e. The predicted octanol–water partition coefficient (Wildman–Crippen LogP) is 1.30. The molecule has 92 valence electrons. The fraction of sp³-hybridized carbons (Fsp3) is 0.538. The molecule has 1 aliphatic heterocycles. The van der Waals surface area contributed by atoms with Gasteiger partial charge in [0.15, 0.2) is 0 Å². The largest absolute Gasteiger partial charge is 0.333 e. The first-order valence-corrected chi connectivity index (χ1v) is 6.19. The summed E-state index contributed by atoms with van der Waals surface area (Å²) in [7, 11) is 1.93. The van der Waals surface area contributed by atoms with Gasteiger partial charge in [-0.3, -0.25) is 9.78 Å². The topological polar surface area (TPSA) is 45.2 Å². The molecule has 1 unspecified atom stereocenters. The van der Waals surface area contributed by atoms with Crippen LogP contribution < -0.4 is 5.32 Å². The van der Waals surface area contributed by atoms with Crippen molar-refractivity contribution >= 4 is 5.91 Å². The molecule has 1 fully saturated rings. The Hall–Kier alpha value is -1.42. The molecule has 1 aromatic heterocycles. The molecule has 4 heteroatoms. The molecule has 2 heterocycles. The Kier molecular flexibility index (Phi) is 4.09. The van der Waals surface area contributed by atoms with E-state index in [2.05, 4.69) is 10.3 Å². The lowest BCUT2D eigenvalue weighted by Gasteiger charge is -2.35. The maximum absolute atomic E-state index is 12.3. The Morgan fingerprint density at radius 2 is 2.41 bits per heavy atom. The van der Waals surface area contributed by atoms with E-state index >= 15 is 0 Å². The average Bonchev–Trinajstić information content (AvgIpc) is 2.40. The maximum atomic E-state index is 12.3. The summed E-state index contributed by atoms with van der Waals surface area (Å²) in [6.45, 7) is 1.71. The van der Waals surface area contributed by atoms with Crippen LogP contribution in [0.15, 0.2) is 24.4 Å². The van der Waals surface area contributed by atoms with Crippen LogP contribution in [0.5, 0.6) is 0 Å². The number of rotatable bonds is 3. The van der Waals surface area contributed by atoms with Gasteiger partial charge in [0.25, 0.3) is 5.91 Å². The SMILES string of the molecule is CNCC1CCCCN1C(=O)c1ccccn1. The summed E-state index contributed by atoms with van der Waals surface area (Å²) in [6, 6.07) is 5.78. The summed E-state index contributed by atoms with van der Waals surface area (Å²) >= 11 is 0. The van der Waals surface area contributed by atoms with Crippen molar-refractivity contribution in [3.8, 4) is 0 Å². The Morgan fingerprint density at radius 3 is 3.12 bits per heavy atom. The number of piperidine rings is 1. The molecule has 4 nitrogen and oxygen atoms in total. The van der Waals surface area contributed by atoms with Crippen molar-refractivity contribution in [2.24, 2.45) is 0 Å². The highest BCUT2D eigenvalue weighted by molar-refractivity contribution is 5.92. The number of hydrogen-bond acceptors (Lipinski definition) is 3. The van der Waals surface area contributed by atoms with Gasteiger partial charge in [-0.05, 0) is 38.4 Å². The molecule has 1 aromatic rings. The lowest BCUT2D eigenvalue weighted by Crippen LogP contribution is -2.48. The van der Waals surface area contributed by atoms with Crippen molar-refractivity contribution < 1.29 is 4.79 Å². The fourth-order valence-corrected chi connectivity index (χ4v) is 2.35. The van der Waals surface area contributed by atoms with E-state index in [4.69, 9.17) is 0 Å². The highest BCUT2D eigenvalue weighted by atomic mass is 16.2. The van der Waals surface area contributed by atoms with E-state index in [0.29, 0.717) is 11.7 Å². The molecule has 1 amide bonds. The number of carbonyl (C=O) groups is 1. The van der Waals surface area contributed by atoms with Crippen LogP contribution in [0.1, 0.15) is 29.8 Å². The van der Waals surface area contributed by atoms with Gasteiger partial charge in [-0.15, -0.1) is 0 Å². The lowest BCUT2D eigenvalue weighted by molar-refractivity contribution is 0.0609. The summed E-state index contributed by atoms with van der Waals surface area (Å²) in [5.41, 5.74) is 0.551. The van der Waals surface area contributed by atoms with Crippen LogP contribution in [-0.2, 0) is 0 Å². The second-order valence-corrected chi connectivity index (χ2v) is 4.42. The van der Waals surface area contributed by atoms with Gasteiger partial charge in [0.2, 0.25) is 0 Å². The van der Waals surface area contributed by atoms with Crippen molar-refractivity contribution in [3.05, 3.63) is 30.1 Å². The number of amides is 1. The Bertz CT molecular complexity index is 364. The summed E-state index contributed by atoms with van der Waals surface area (Å²) in [5.74, 6) is 0.0607. The molecule has 0 aliphatic carbocycles. The van der Waals surface area contributed by atoms with Gasteiger partial charge in [0.1, 0.15) is 5.69 Å². The van der Waals surface area contributed by atoms with Crippen molar-refractivity contribution in [3.63, 3.8) is 0 Å². The highest BCUT2D eigenvalue weighted by Crippen LogP contribution is 2.18. The Morgan fingerprint density at radius 1 is 1.53 bits per heavy atom. The number of likely N-dealkylation sites (N-methyl/N-ethyl adjacent to an activating group) is 1. The van der Waals surface area contributed by atoms with Crippen LogP contribution >= 0.6 is 0 Å². The summed E-state index contributed by atoms with van der Waals surface area (Å²) in [6.07, 6.45) is 5.06. The van der Waals surface area contributed by atoms with Crippen LogP contribution in [0.4, 0.5) is 0 Å². The number of nitrogens with zero attached hydrogens (tertiary/aromatic N) is 2. The van der Waals surface area contributed by atoms with Gasteiger partial charge >= 0.3 is 0 Å². The highest BCUT2D eigenvalue weighted by Gasteiger charge is 2.27. The van der Waals surface area contributed by atoms with Gasteiger partial charge in [-0.25, -0.2) is 0 Å². The molecule has 17 heavy (non-hydrogen) atoms. The minimum absolute atomic E-state index is 0.0607. The van der Waals surface area contributed by atoms with E-state index in [1.165, 1.54) is 6.42 Å². The number of hydrogen-bond donors (Lipinski definition) is 1. The van der Waals surface area contributed by atoms with E-state index < -0.39 is 0 Å². The van der Waals surface area contributed by atoms with Gasteiger partial charge in [0, 0.05) is 25.3 Å². The molecule has 1 atom stereocenters. The molecule has 0 radical (unpaired) electrons. The van der Waals surface area contributed by atoms with Crippen molar-refractivity contribution in [1.29, 1.82) is 0 Å². The predicted molar refractivity (Wildman–Crippen MR) is 66.8 cm³/mol. The summed E-state index contributed by atoms with van der Waals surface area (Å²) in [5, 5.41) is 3.16. The minimum atomic E-state index is 0.0607. The zero-order chi connectivity index (χ0) is 12.1. The molecular formula is C13H19N3O. The number of likely N-dealkylation sites (tertiary alicyclic amines) is 1. The monoisotopic (exact) mass is 233 g/mol. The van der Waals surface area contributed by atoms with Crippen LogP contribution in [0.2, 0.25) is 0 Å². The molecule has 0 saturated carbocycles. The van der Waals surface area contributed by atoms with E-state index in [9.17, 15) is 4.79 Å². The van der Waals surface area contributed by atoms with Gasteiger partial charge in [-0.1, -0.05) is 6.07 Å². The van der Waals surface area contributed by atoms with E-state index in [1.807, 2.05) is 24.1 Å². The second-order valence-electron chi connectivity index (χ2n) is 4.42. The van der Waals surface area contributed by atoms with Crippen molar-refractivity contribution in [1.82, 2.24) is 15.2 Å². The van der Waals surface area contributed by atoms with E-state index in [0.717, 1.165) is 25.9 Å². The zero-order valence-electron chi connectivity index (χ0n) is 10.2. The third-order valence-electron chi connectivity index (χ3n) is 3.21. The number of carbonyl (C=O) groups excluding carboxylic acids is 1. The van der Waals surface area contributed by atoms with Crippen LogP contribution in [-0.4, -0.2) is 42.0 Å². The third-order valence-corrected chi connectivity index (χ3v) is 3.21. The molecular weight excluding hydrogens is 214 g/mol. The molecule has 0 bridgehead atoms. The molecule has 0 aromatic carbocycles. The second kappa shape index (κ2) is 5.77. The lowest BCUT2D eigenvalue weighted by atomic mass is 10.0. The van der Waals surface area contributed by atoms with Crippen molar-refractivity contribution in [2.75, 3.05) is 20.1 Å². The first-order valence-electron chi connectivity index (χ1n) is 6.19. The Labute approximate surface area is 102 Å². The van der Waals surface area contributed by atoms with Gasteiger partial charge < -0.3 is 10.2 Å². The van der Waals surface area contributed by atoms with E-state index in [1.54, 1.807) is 12.3 Å².